The first-order chi connectivity index (χ1) is 12.3. The molecule has 2 saturated heterocycles. The van der Waals surface area contributed by atoms with Crippen LogP contribution in [0, 0.1) is 11.8 Å². The van der Waals surface area contributed by atoms with E-state index < -0.39 is 0 Å². The lowest BCUT2D eigenvalue weighted by Gasteiger charge is -2.20. The zero-order chi connectivity index (χ0) is 17.1. The van der Waals surface area contributed by atoms with Crippen molar-refractivity contribution in [2.24, 2.45) is 11.8 Å². The molecule has 0 bridgehead atoms. The van der Waals surface area contributed by atoms with Crippen molar-refractivity contribution >= 4 is 5.91 Å². The molecule has 2 aliphatic rings. The number of hydrogen-bond acceptors (Lipinski definition) is 5. The normalized spacial score (nSPS) is 25.7. The van der Waals surface area contributed by atoms with Crippen LogP contribution in [-0.4, -0.2) is 53.1 Å². The van der Waals surface area contributed by atoms with Crippen LogP contribution in [0.15, 0.2) is 49.1 Å². The van der Waals surface area contributed by atoms with E-state index in [-0.39, 0.29) is 12.0 Å². The summed E-state index contributed by atoms with van der Waals surface area (Å²) in [6.07, 6.45) is 7.27. The summed E-state index contributed by atoms with van der Waals surface area (Å²) < 4.78 is 5.98. The molecule has 0 spiro atoms. The van der Waals surface area contributed by atoms with Crippen molar-refractivity contribution in [2.75, 3.05) is 26.2 Å². The van der Waals surface area contributed by atoms with Gasteiger partial charge in [0.05, 0.1) is 12.7 Å². The quantitative estimate of drug-likeness (QED) is 0.891. The molecule has 0 unspecified atom stereocenters. The van der Waals surface area contributed by atoms with E-state index in [0.29, 0.717) is 23.9 Å². The molecule has 1 amide bonds. The Morgan fingerprint density at radius 3 is 2.88 bits per heavy atom. The van der Waals surface area contributed by atoms with E-state index in [9.17, 15) is 4.79 Å². The Kier molecular flexibility index (Phi) is 4.72. The Bertz CT molecular complexity index is 710. The molecular weight excluding hydrogens is 316 g/mol. The number of carbonyl (C=O) groups is 1. The molecule has 2 aromatic rings. The predicted molar refractivity (Wildman–Crippen MR) is 92.8 cm³/mol. The van der Waals surface area contributed by atoms with Gasteiger partial charge in [-0.2, -0.15) is 0 Å². The summed E-state index contributed by atoms with van der Waals surface area (Å²) in [5.41, 5.74) is 1.88. The molecule has 2 aliphatic heterocycles. The van der Waals surface area contributed by atoms with Crippen LogP contribution in [0.1, 0.15) is 15.9 Å². The van der Waals surface area contributed by atoms with Gasteiger partial charge in [-0.1, -0.05) is 6.07 Å². The van der Waals surface area contributed by atoms with Gasteiger partial charge in [-0.3, -0.25) is 19.7 Å². The molecule has 25 heavy (non-hydrogen) atoms. The Morgan fingerprint density at radius 1 is 1.20 bits per heavy atom. The molecule has 6 nitrogen and oxygen atoms in total. The fourth-order valence-electron chi connectivity index (χ4n) is 3.80. The summed E-state index contributed by atoms with van der Waals surface area (Å²) in [5, 5.41) is 3.04. The largest absolute Gasteiger partial charge is 0.376 e. The molecule has 1 N–H and O–H groups in total. The van der Waals surface area contributed by atoms with Crippen molar-refractivity contribution in [3.8, 4) is 0 Å². The van der Waals surface area contributed by atoms with Crippen molar-refractivity contribution in [3.05, 3.63) is 60.2 Å². The van der Waals surface area contributed by atoms with E-state index in [1.807, 2.05) is 12.3 Å². The zero-order valence-electron chi connectivity index (χ0n) is 14.0. The molecule has 0 radical (unpaired) electrons. The van der Waals surface area contributed by atoms with E-state index in [2.05, 4.69) is 26.3 Å². The summed E-state index contributed by atoms with van der Waals surface area (Å²) in [6, 6.07) is 7.54. The fraction of sp³-hybridized carbons (Fsp3) is 0.421. The second kappa shape index (κ2) is 7.29. The summed E-state index contributed by atoms with van der Waals surface area (Å²) >= 11 is 0. The standard InChI is InChI=1S/C19H22N4O2/c24-19(15-3-6-20-7-4-15)22-9-16-13-25-18-12-23(11-17(16)18)10-14-2-1-5-21-8-14/h1-8,16-18H,9-13H2,(H,22,24)/t16-,17+,18+/m0/s1. The molecule has 4 heterocycles. The Balaban J connectivity index is 1.30. The Labute approximate surface area is 147 Å². The van der Waals surface area contributed by atoms with Crippen LogP contribution < -0.4 is 5.32 Å². The van der Waals surface area contributed by atoms with Gasteiger partial charge in [-0.15, -0.1) is 0 Å². The lowest BCUT2D eigenvalue weighted by molar-refractivity contribution is 0.0903. The van der Waals surface area contributed by atoms with Crippen molar-refractivity contribution in [2.45, 2.75) is 12.6 Å². The van der Waals surface area contributed by atoms with E-state index in [1.54, 1.807) is 30.7 Å². The van der Waals surface area contributed by atoms with Crippen molar-refractivity contribution in [3.63, 3.8) is 0 Å². The number of fused-ring (bicyclic) bond motifs is 1. The number of aromatic nitrogens is 2. The third-order valence-corrected chi connectivity index (χ3v) is 5.11. The molecular formula is C19H22N4O2. The van der Waals surface area contributed by atoms with Crippen LogP contribution in [0.25, 0.3) is 0 Å². The maximum absolute atomic E-state index is 12.2. The van der Waals surface area contributed by atoms with Gasteiger partial charge in [-0.05, 0) is 23.8 Å². The van der Waals surface area contributed by atoms with Gasteiger partial charge in [0, 0.05) is 68.4 Å². The molecule has 0 aliphatic carbocycles. The van der Waals surface area contributed by atoms with Crippen LogP contribution in [0.3, 0.4) is 0 Å². The van der Waals surface area contributed by atoms with Gasteiger partial charge in [-0.25, -0.2) is 0 Å². The van der Waals surface area contributed by atoms with Gasteiger partial charge in [0.2, 0.25) is 0 Å². The summed E-state index contributed by atoms with van der Waals surface area (Å²) in [4.78, 5) is 22.7. The second-order valence-electron chi connectivity index (χ2n) is 6.80. The number of carbonyl (C=O) groups excluding carboxylic acids is 1. The SMILES string of the molecule is O=C(NC[C@H]1CO[C@@H]2CN(Cc3cccnc3)C[C@H]12)c1ccncc1. The van der Waals surface area contributed by atoms with Gasteiger partial charge in [0.15, 0.2) is 0 Å². The first kappa shape index (κ1) is 16.2. The smallest absolute Gasteiger partial charge is 0.251 e. The van der Waals surface area contributed by atoms with E-state index >= 15 is 0 Å². The zero-order valence-corrected chi connectivity index (χ0v) is 14.0. The predicted octanol–water partition coefficient (Wildman–Crippen LogP) is 1.35. The number of ether oxygens (including phenoxy) is 1. The molecule has 2 fully saturated rings. The van der Waals surface area contributed by atoms with Crippen LogP contribution in [-0.2, 0) is 11.3 Å². The minimum Gasteiger partial charge on any atom is -0.376 e. The first-order valence-electron chi connectivity index (χ1n) is 8.70. The summed E-state index contributed by atoms with van der Waals surface area (Å²) in [5.74, 6) is 0.806. The number of likely N-dealkylation sites (tertiary alicyclic amines) is 1. The molecule has 0 saturated carbocycles. The minimum absolute atomic E-state index is 0.0453. The van der Waals surface area contributed by atoms with Crippen molar-refractivity contribution in [1.82, 2.24) is 20.2 Å². The third kappa shape index (κ3) is 3.70. The number of nitrogens with zero attached hydrogens (tertiary/aromatic N) is 3. The molecule has 130 valence electrons. The number of pyridine rings is 2. The molecule has 6 heteroatoms. The molecule has 2 aromatic heterocycles. The fourth-order valence-corrected chi connectivity index (χ4v) is 3.80. The first-order valence-corrected chi connectivity index (χ1v) is 8.70. The van der Waals surface area contributed by atoms with E-state index in [4.69, 9.17) is 4.74 Å². The van der Waals surface area contributed by atoms with Gasteiger partial charge in [0.1, 0.15) is 0 Å². The average Bonchev–Trinajstić information content (AvgIpc) is 3.22. The van der Waals surface area contributed by atoms with Crippen molar-refractivity contribution < 1.29 is 9.53 Å². The lowest BCUT2D eigenvalue weighted by atomic mass is 9.93. The highest BCUT2D eigenvalue weighted by molar-refractivity contribution is 5.93. The van der Waals surface area contributed by atoms with Crippen LogP contribution in [0.4, 0.5) is 0 Å². The molecule has 0 aromatic carbocycles. The number of hydrogen-bond donors (Lipinski definition) is 1. The molecule has 4 rings (SSSR count). The van der Waals surface area contributed by atoms with Crippen LogP contribution in [0.5, 0.6) is 0 Å². The van der Waals surface area contributed by atoms with E-state index in [1.165, 1.54) is 5.56 Å². The third-order valence-electron chi connectivity index (χ3n) is 5.11. The number of nitrogens with one attached hydrogen (secondary N) is 1. The highest BCUT2D eigenvalue weighted by Gasteiger charge is 2.43. The van der Waals surface area contributed by atoms with Gasteiger partial charge in [0.25, 0.3) is 5.91 Å². The van der Waals surface area contributed by atoms with Gasteiger partial charge >= 0.3 is 0 Å². The lowest BCUT2D eigenvalue weighted by Crippen LogP contribution is -2.34. The number of rotatable bonds is 5. The summed E-state index contributed by atoms with van der Waals surface area (Å²) in [7, 11) is 0. The Morgan fingerprint density at radius 2 is 2.08 bits per heavy atom. The topological polar surface area (TPSA) is 67.3 Å². The number of amides is 1. The highest BCUT2D eigenvalue weighted by atomic mass is 16.5. The highest BCUT2D eigenvalue weighted by Crippen LogP contribution is 2.33. The van der Waals surface area contributed by atoms with Gasteiger partial charge < -0.3 is 10.1 Å². The van der Waals surface area contributed by atoms with Crippen LogP contribution in [0.2, 0.25) is 0 Å². The molecule has 3 atom stereocenters. The maximum atomic E-state index is 12.2. The Hall–Kier alpha value is -2.31. The van der Waals surface area contributed by atoms with Crippen LogP contribution >= 0.6 is 0 Å². The summed E-state index contributed by atoms with van der Waals surface area (Å²) in [6.45, 7) is 4.25. The van der Waals surface area contributed by atoms with E-state index in [0.717, 1.165) is 26.2 Å². The minimum atomic E-state index is -0.0453. The van der Waals surface area contributed by atoms with Crippen molar-refractivity contribution in [1.29, 1.82) is 0 Å². The maximum Gasteiger partial charge on any atom is 0.251 e. The average molecular weight is 338 g/mol. The second-order valence-corrected chi connectivity index (χ2v) is 6.80. The monoisotopic (exact) mass is 338 g/mol.